The van der Waals surface area contributed by atoms with Gasteiger partial charge in [0.2, 0.25) is 0 Å². The Morgan fingerprint density at radius 1 is 1.38 bits per heavy atom. The molecule has 16 heavy (non-hydrogen) atoms. The summed E-state index contributed by atoms with van der Waals surface area (Å²) in [7, 11) is 0. The summed E-state index contributed by atoms with van der Waals surface area (Å²) in [6.45, 7) is 3.01. The minimum absolute atomic E-state index is 0.112. The molecule has 2 nitrogen and oxygen atoms in total. The van der Waals surface area contributed by atoms with E-state index in [9.17, 15) is 9.18 Å². The number of rotatable bonds is 5. The molecule has 1 amide bonds. The number of alkyl halides is 1. The van der Waals surface area contributed by atoms with E-state index in [4.69, 9.17) is 11.6 Å². The third-order valence-corrected chi connectivity index (χ3v) is 2.41. The minimum atomic E-state index is -0.483. The first-order valence-electron chi connectivity index (χ1n) is 5.30. The molecule has 0 bridgehead atoms. The Hall–Kier alpha value is -1.09. The molecule has 0 unspecified atom stereocenters. The number of carbonyl (C=O) groups is 1. The molecule has 0 fully saturated rings. The summed E-state index contributed by atoms with van der Waals surface area (Å²) in [6, 6.07) is 6.01. The number of hydrogen-bond acceptors (Lipinski definition) is 1. The van der Waals surface area contributed by atoms with Crippen LogP contribution in [0.15, 0.2) is 24.3 Å². The van der Waals surface area contributed by atoms with Crippen molar-refractivity contribution >= 4 is 17.5 Å². The van der Waals surface area contributed by atoms with Gasteiger partial charge in [-0.1, -0.05) is 19.1 Å². The zero-order chi connectivity index (χ0) is 12.0. The van der Waals surface area contributed by atoms with Crippen LogP contribution in [0.25, 0.3) is 0 Å². The first-order chi connectivity index (χ1) is 7.70. The second-order valence-electron chi connectivity index (χ2n) is 3.46. The molecule has 0 heterocycles. The van der Waals surface area contributed by atoms with Gasteiger partial charge >= 0.3 is 0 Å². The maximum atomic E-state index is 13.4. The summed E-state index contributed by atoms with van der Waals surface area (Å²) >= 11 is 5.62. The fourth-order valence-corrected chi connectivity index (χ4v) is 1.70. The van der Waals surface area contributed by atoms with Gasteiger partial charge in [-0.15, -0.1) is 11.6 Å². The number of carbonyl (C=O) groups excluding carboxylic acids is 1. The van der Waals surface area contributed by atoms with Gasteiger partial charge in [0, 0.05) is 19.0 Å². The van der Waals surface area contributed by atoms with Crippen LogP contribution in [0.3, 0.4) is 0 Å². The van der Waals surface area contributed by atoms with Crippen molar-refractivity contribution in [3.8, 4) is 0 Å². The molecule has 4 heteroatoms. The van der Waals surface area contributed by atoms with Crippen LogP contribution in [0, 0.1) is 5.82 Å². The maximum absolute atomic E-state index is 13.4. The van der Waals surface area contributed by atoms with Crippen LogP contribution < -0.4 is 0 Å². The van der Waals surface area contributed by atoms with Crippen LogP contribution in [-0.2, 0) is 0 Å². The lowest BCUT2D eigenvalue weighted by Crippen LogP contribution is -2.34. The van der Waals surface area contributed by atoms with Gasteiger partial charge in [-0.25, -0.2) is 4.39 Å². The van der Waals surface area contributed by atoms with E-state index >= 15 is 0 Å². The summed E-state index contributed by atoms with van der Waals surface area (Å²) in [5.74, 6) is -0.413. The van der Waals surface area contributed by atoms with Gasteiger partial charge in [0.25, 0.3) is 5.91 Å². The van der Waals surface area contributed by atoms with Crippen molar-refractivity contribution in [2.24, 2.45) is 0 Å². The Morgan fingerprint density at radius 2 is 2.06 bits per heavy atom. The molecule has 0 saturated heterocycles. The number of halogens is 2. The first kappa shape index (κ1) is 13.0. The van der Waals surface area contributed by atoms with Crippen molar-refractivity contribution in [3.05, 3.63) is 35.6 Å². The highest BCUT2D eigenvalue weighted by Gasteiger charge is 2.17. The van der Waals surface area contributed by atoms with Crippen LogP contribution >= 0.6 is 11.6 Å². The topological polar surface area (TPSA) is 20.3 Å². The molecular weight excluding hydrogens is 229 g/mol. The molecule has 1 aromatic rings. The standard InChI is InChI=1S/C12H15ClFNO/c1-2-8-15(9-7-13)12(16)10-5-3-4-6-11(10)14/h3-6H,2,7-9H2,1H3. The largest absolute Gasteiger partial charge is 0.337 e. The average Bonchev–Trinajstić information content (AvgIpc) is 2.28. The highest BCUT2D eigenvalue weighted by Crippen LogP contribution is 2.10. The quantitative estimate of drug-likeness (QED) is 0.729. The second kappa shape index (κ2) is 6.48. The van der Waals surface area contributed by atoms with Crippen LogP contribution in [0.5, 0.6) is 0 Å². The van der Waals surface area contributed by atoms with Crippen LogP contribution in [0.1, 0.15) is 23.7 Å². The van der Waals surface area contributed by atoms with Gasteiger partial charge in [-0.2, -0.15) is 0 Å². The van der Waals surface area contributed by atoms with Gasteiger partial charge in [0.1, 0.15) is 5.82 Å². The Morgan fingerprint density at radius 3 is 2.62 bits per heavy atom. The third kappa shape index (κ3) is 3.20. The molecule has 0 aliphatic rings. The van der Waals surface area contributed by atoms with Crippen LogP contribution in [-0.4, -0.2) is 29.8 Å². The zero-order valence-corrected chi connectivity index (χ0v) is 10.0. The molecule has 0 N–H and O–H groups in total. The summed E-state index contributed by atoms with van der Waals surface area (Å²) in [6.07, 6.45) is 0.830. The van der Waals surface area contributed by atoms with Crippen molar-refractivity contribution in [2.75, 3.05) is 19.0 Å². The van der Waals surface area contributed by atoms with Crippen molar-refractivity contribution in [3.63, 3.8) is 0 Å². The summed E-state index contributed by atoms with van der Waals surface area (Å²) < 4.78 is 13.4. The molecule has 88 valence electrons. The van der Waals surface area contributed by atoms with Gasteiger partial charge in [0.15, 0.2) is 0 Å². The Bertz CT molecular complexity index is 351. The SMILES string of the molecule is CCCN(CCCl)C(=O)c1ccccc1F. The number of benzene rings is 1. The van der Waals surface area contributed by atoms with Crippen molar-refractivity contribution < 1.29 is 9.18 Å². The van der Waals surface area contributed by atoms with E-state index in [1.54, 1.807) is 17.0 Å². The summed E-state index contributed by atoms with van der Waals surface area (Å²) in [5, 5.41) is 0. The van der Waals surface area contributed by atoms with Crippen molar-refractivity contribution in [2.45, 2.75) is 13.3 Å². The van der Waals surface area contributed by atoms with E-state index in [1.807, 2.05) is 6.92 Å². The van der Waals surface area contributed by atoms with Gasteiger partial charge in [0.05, 0.1) is 5.56 Å². The smallest absolute Gasteiger partial charge is 0.256 e. The second-order valence-corrected chi connectivity index (χ2v) is 3.84. The normalized spacial score (nSPS) is 10.2. The molecule has 0 aliphatic heterocycles. The maximum Gasteiger partial charge on any atom is 0.256 e. The summed E-state index contributed by atoms with van der Waals surface area (Å²) in [5.41, 5.74) is 0.112. The van der Waals surface area contributed by atoms with Gasteiger partial charge in [-0.05, 0) is 18.6 Å². The number of amides is 1. The molecule has 0 saturated carbocycles. The molecule has 1 rings (SSSR count). The lowest BCUT2D eigenvalue weighted by molar-refractivity contribution is 0.0761. The lowest BCUT2D eigenvalue weighted by atomic mass is 10.2. The van der Waals surface area contributed by atoms with E-state index in [1.165, 1.54) is 12.1 Å². The monoisotopic (exact) mass is 243 g/mol. The highest BCUT2D eigenvalue weighted by atomic mass is 35.5. The molecule has 1 aromatic carbocycles. The Balaban J connectivity index is 2.85. The molecule has 0 atom stereocenters. The Kier molecular flexibility index (Phi) is 5.26. The van der Waals surface area contributed by atoms with E-state index in [0.29, 0.717) is 19.0 Å². The average molecular weight is 244 g/mol. The molecule has 0 spiro atoms. The first-order valence-corrected chi connectivity index (χ1v) is 5.84. The Labute approximate surface area is 100 Å². The van der Waals surface area contributed by atoms with E-state index in [-0.39, 0.29) is 11.5 Å². The van der Waals surface area contributed by atoms with Gasteiger partial charge in [-0.3, -0.25) is 4.79 Å². The summed E-state index contributed by atoms with van der Waals surface area (Å²) in [4.78, 5) is 13.5. The molecule has 0 aromatic heterocycles. The van der Waals surface area contributed by atoms with E-state index in [2.05, 4.69) is 0 Å². The third-order valence-electron chi connectivity index (χ3n) is 2.24. The van der Waals surface area contributed by atoms with Crippen molar-refractivity contribution in [1.29, 1.82) is 0 Å². The fraction of sp³-hybridized carbons (Fsp3) is 0.417. The van der Waals surface area contributed by atoms with E-state index < -0.39 is 5.82 Å². The van der Waals surface area contributed by atoms with Crippen molar-refractivity contribution in [1.82, 2.24) is 4.90 Å². The zero-order valence-electron chi connectivity index (χ0n) is 9.25. The van der Waals surface area contributed by atoms with Crippen LogP contribution in [0.2, 0.25) is 0 Å². The highest BCUT2D eigenvalue weighted by molar-refractivity contribution is 6.18. The fourth-order valence-electron chi connectivity index (χ4n) is 1.49. The van der Waals surface area contributed by atoms with Crippen LogP contribution in [0.4, 0.5) is 4.39 Å². The predicted octanol–water partition coefficient (Wildman–Crippen LogP) is 2.92. The predicted molar refractivity (Wildman–Crippen MR) is 63.3 cm³/mol. The number of hydrogen-bond donors (Lipinski definition) is 0. The molecule has 0 aliphatic carbocycles. The van der Waals surface area contributed by atoms with E-state index in [0.717, 1.165) is 6.42 Å². The molecule has 0 radical (unpaired) electrons. The molecular formula is C12H15ClFNO. The lowest BCUT2D eigenvalue weighted by Gasteiger charge is -2.21. The number of nitrogens with zero attached hydrogens (tertiary/aromatic N) is 1. The minimum Gasteiger partial charge on any atom is -0.337 e. The van der Waals surface area contributed by atoms with Gasteiger partial charge < -0.3 is 4.90 Å².